The highest BCUT2D eigenvalue weighted by molar-refractivity contribution is 7.91. The summed E-state index contributed by atoms with van der Waals surface area (Å²) in [5.74, 6) is -44.3. The van der Waals surface area contributed by atoms with Crippen LogP contribution in [0.3, 0.4) is 0 Å². The lowest BCUT2D eigenvalue weighted by molar-refractivity contribution is -0.288. The summed E-state index contributed by atoms with van der Waals surface area (Å²) in [6, 6.07) is 14.2. The van der Waals surface area contributed by atoms with Crippen LogP contribution in [-0.2, 0) is 15.3 Å². The summed E-state index contributed by atoms with van der Waals surface area (Å²) in [7, 11) is -3.93. The Morgan fingerprint density at radius 3 is 0.895 bits per heavy atom. The Bertz CT molecular complexity index is 3970. The molecule has 0 spiro atoms. The van der Waals surface area contributed by atoms with Crippen LogP contribution in [0.4, 0.5) is 96.6 Å². The number of ether oxygens (including phenoxy) is 4. The molecule has 0 radical (unpaired) electrons. The molecule has 0 aliphatic carbocycles. The molecule has 8 aromatic carbocycles. The Kier molecular flexibility index (Phi) is 17.9. The Morgan fingerprint density at radius 2 is 0.593 bits per heavy atom. The van der Waals surface area contributed by atoms with Gasteiger partial charge in [0.05, 0.1) is 25.3 Å². The Labute approximate surface area is 468 Å². The number of sulfone groups is 1. The van der Waals surface area contributed by atoms with Crippen molar-refractivity contribution in [2.75, 3.05) is 14.2 Å². The van der Waals surface area contributed by atoms with Gasteiger partial charge in [-0.2, -0.15) is 43.9 Å². The topological polar surface area (TPSA) is 88.1 Å². The standard InChI is InChI=1S/C29H14F14O4S.C27H14F8O3/c1-11-16(30)20(34)25(21(35)17(11)31)48(44,45)26-22(36)18(32)24(19(33)23(26)37)47-15-9-5-13(6-10-15)27(28(38,39)40,29(41,42)43)12-3-7-14(46-2)8-4-12;1-11-18(28)20(30)16(21(31)19(11)29)17-22(32)24(34)27(25(35)23(17)33)38-15-9-5-13(6-10-15)26(36)12-3-7-14(37-2)8-4-12/h3-10H,1-2H3;3-10H,1-2H3. The van der Waals surface area contributed by atoms with E-state index in [-0.39, 0.29) is 41.3 Å². The van der Waals surface area contributed by atoms with Crippen LogP contribution < -0.4 is 18.9 Å². The van der Waals surface area contributed by atoms with E-state index in [0.29, 0.717) is 37.3 Å². The number of rotatable bonds is 13. The second kappa shape index (κ2) is 23.8. The first kappa shape index (κ1) is 64.6. The van der Waals surface area contributed by atoms with Crippen molar-refractivity contribution in [1.82, 2.24) is 0 Å². The van der Waals surface area contributed by atoms with Gasteiger partial charge in [-0.05, 0) is 97.8 Å². The second-order valence-corrected chi connectivity index (χ2v) is 19.5. The van der Waals surface area contributed by atoms with Gasteiger partial charge in [0.15, 0.2) is 75.6 Å². The fourth-order valence-electron chi connectivity index (χ4n) is 8.27. The summed E-state index contributed by atoms with van der Waals surface area (Å²) in [5, 5.41) is 0. The van der Waals surface area contributed by atoms with Crippen molar-refractivity contribution in [3.63, 3.8) is 0 Å². The first-order chi connectivity index (χ1) is 40.0. The maximum atomic E-state index is 14.9. The summed E-state index contributed by atoms with van der Waals surface area (Å²) >= 11 is 0. The van der Waals surface area contributed by atoms with E-state index in [9.17, 15) is 110 Å². The zero-order chi connectivity index (χ0) is 64.2. The van der Waals surface area contributed by atoms with E-state index in [2.05, 4.69) is 4.74 Å². The molecule has 0 atom stereocenters. The Morgan fingerprint density at radius 1 is 0.349 bits per heavy atom. The molecule has 454 valence electrons. The Balaban J connectivity index is 0.000000253. The zero-order valence-corrected chi connectivity index (χ0v) is 43.6. The number of ketones is 1. The second-order valence-electron chi connectivity index (χ2n) is 17.6. The van der Waals surface area contributed by atoms with E-state index >= 15 is 0 Å². The molecule has 7 nitrogen and oxygen atoms in total. The maximum Gasteiger partial charge on any atom is 0.411 e. The molecule has 0 N–H and O–H groups in total. The smallest absolute Gasteiger partial charge is 0.411 e. The highest BCUT2D eigenvalue weighted by atomic mass is 32.2. The molecule has 86 heavy (non-hydrogen) atoms. The largest absolute Gasteiger partial charge is 0.497 e. The van der Waals surface area contributed by atoms with Crippen molar-refractivity contribution in [1.29, 1.82) is 0 Å². The number of halogens is 22. The van der Waals surface area contributed by atoms with Crippen molar-refractivity contribution < 1.29 is 129 Å². The van der Waals surface area contributed by atoms with Gasteiger partial charge in [-0.1, -0.05) is 24.3 Å². The van der Waals surface area contributed by atoms with Crippen LogP contribution in [0.25, 0.3) is 11.1 Å². The minimum atomic E-state index is -6.48. The Hall–Kier alpha value is -8.96. The number of methoxy groups -OCH3 is 2. The van der Waals surface area contributed by atoms with Crippen LogP contribution in [0.15, 0.2) is 107 Å². The van der Waals surface area contributed by atoms with Crippen LogP contribution in [0, 0.1) is 107 Å². The first-order valence-electron chi connectivity index (χ1n) is 23.2. The fraction of sp³-hybridized carbons (Fsp3) is 0.125. The van der Waals surface area contributed by atoms with Gasteiger partial charge in [0.1, 0.15) is 32.8 Å². The van der Waals surface area contributed by atoms with Crippen molar-refractivity contribution in [2.45, 2.75) is 41.4 Å². The summed E-state index contributed by atoms with van der Waals surface area (Å²) in [6.45, 7) is 1.11. The van der Waals surface area contributed by atoms with E-state index in [0.717, 1.165) is 31.4 Å². The molecule has 0 aromatic heterocycles. The lowest BCUT2D eigenvalue weighted by Crippen LogP contribution is -2.54. The third-order valence-corrected chi connectivity index (χ3v) is 14.5. The predicted molar refractivity (Wildman–Crippen MR) is 254 cm³/mol. The minimum absolute atomic E-state index is 0.100. The average molecular weight is 1260 g/mol. The number of carbonyl (C=O) groups is 1. The molecule has 8 aromatic rings. The molecular formula is C56H28F22O7S. The van der Waals surface area contributed by atoms with Crippen LogP contribution in [0.1, 0.15) is 38.2 Å². The van der Waals surface area contributed by atoms with Gasteiger partial charge in [-0.3, -0.25) is 4.79 Å². The van der Waals surface area contributed by atoms with Crippen LogP contribution in [0.5, 0.6) is 34.5 Å². The normalized spacial score (nSPS) is 12.0. The number of alkyl halides is 6. The van der Waals surface area contributed by atoms with E-state index in [1.807, 2.05) is 0 Å². The summed E-state index contributed by atoms with van der Waals surface area (Å²) in [5.41, 5.74) is -13.6. The molecule has 30 heteroatoms. The molecule has 0 saturated heterocycles. The van der Waals surface area contributed by atoms with Crippen molar-refractivity contribution in [3.05, 3.63) is 224 Å². The summed E-state index contributed by atoms with van der Waals surface area (Å²) in [6.07, 6.45) is -12.1. The monoisotopic (exact) mass is 1260 g/mol. The van der Waals surface area contributed by atoms with Gasteiger partial charge < -0.3 is 18.9 Å². The number of hydrogen-bond donors (Lipinski definition) is 0. The predicted octanol–water partition coefficient (Wildman–Crippen LogP) is 17.0. The third-order valence-electron chi connectivity index (χ3n) is 12.7. The third kappa shape index (κ3) is 11.0. The van der Waals surface area contributed by atoms with Gasteiger partial charge in [0.2, 0.25) is 50.0 Å². The molecule has 0 heterocycles. The van der Waals surface area contributed by atoms with Gasteiger partial charge in [0.25, 0.3) is 0 Å². The quantitative estimate of drug-likeness (QED) is 0.0645. The van der Waals surface area contributed by atoms with Crippen LogP contribution >= 0.6 is 0 Å². The average Bonchev–Trinajstić information content (AvgIpc) is 0.830. The lowest BCUT2D eigenvalue weighted by Gasteiger charge is -2.38. The summed E-state index contributed by atoms with van der Waals surface area (Å²) in [4.78, 5) is 7.18. The van der Waals surface area contributed by atoms with Gasteiger partial charge >= 0.3 is 12.4 Å². The van der Waals surface area contributed by atoms with Gasteiger partial charge in [-0.25, -0.2) is 61.1 Å². The first-order valence-corrected chi connectivity index (χ1v) is 24.7. The molecule has 0 amide bonds. The highest BCUT2D eigenvalue weighted by Gasteiger charge is 2.72. The maximum absolute atomic E-state index is 14.9. The number of carbonyl (C=O) groups excluding carboxylic acids is 1. The van der Waals surface area contributed by atoms with E-state index < -0.39 is 187 Å². The van der Waals surface area contributed by atoms with Gasteiger partial charge in [-0.15, -0.1) is 0 Å². The van der Waals surface area contributed by atoms with Crippen LogP contribution in [-0.4, -0.2) is 40.8 Å². The molecule has 0 bridgehead atoms. The molecule has 8 rings (SSSR count). The van der Waals surface area contributed by atoms with E-state index in [1.54, 1.807) is 12.1 Å². The van der Waals surface area contributed by atoms with Crippen molar-refractivity contribution >= 4 is 15.6 Å². The fourth-order valence-corrected chi connectivity index (χ4v) is 9.78. The van der Waals surface area contributed by atoms with Crippen LogP contribution in [0.2, 0.25) is 0 Å². The molecule has 0 fully saturated rings. The SMILES string of the molecule is COc1ccc(C(=O)c2ccc(Oc3c(F)c(F)c(-c4c(F)c(F)c(C)c(F)c4F)c(F)c3F)cc2)cc1.COc1ccc(C(c2ccc(Oc3c(F)c(F)c(S(=O)(=O)c4c(F)c(F)c(C)c(F)c4F)c(F)c3F)cc2)(C(F)(F)F)C(F)(F)F)cc1. The van der Waals surface area contributed by atoms with Crippen molar-refractivity contribution in [2.24, 2.45) is 0 Å². The lowest BCUT2D eigenvalue weighted by atomic mass is 9.73. The number of hydrogen-bond acceptors (Lipinski definition) is 7. The highest BCUT2D eigenvalue weighted by Crippen LogP contribution is 2.57. The molecule has 0 unspecified atom stereocenters. The molecule has 0 aliphatic rings. The molecule has 0 aliphatic heterocycles. The van der Waals surface area contributed by atoms with E-state index in [1.165, 1.54) is 31.4 Å². The summed E-state index contributed by atoms with van der Waals surface area (Å²) < 4.78 is 362. The molecular weight excluding hydrogens is 1230 g/mol. The number of benzene rings is 8. The van der Waals surface area contributed by atoms with Gasteiger partial charge in [0, 0.05) is 22.3 Å². The zero-order valence-electron chi connectivity index (χ0n) is 42.8. The van der Waals surface area contributed by atoms with E-state index in [4.69, 9.17) is 14.2 Å². The molecule has 0 saturated carbocycles. The minimum Gasteiger partial charge on any atom is -0.497 e. The van der Waals surface area contributed by atoms with Crippen molar-refractivity contribution in [3.8, 4) is 45.6 Å².